The quantitative estimate of drug-likeness (QED) is 0.880. The van der Waals surface area contributed by atoms with E-state index in [1.807, 2.05) is 6.07 Å². The fourth-order valence-corrected chi connectivity index (χ4v) is 3.11. The topological polar surface area (TPSA) is 25.2 Å². The molecule has 1 aliphatic carbocycles. The summed E-state index contributed by atoms with van der Waals surface area (Å²) in [7, 11) is 2.07. The van der Waals surface area contributed by atoms with Crippen LogP contribution in [0.15, 0.2) is 28.7 Å². The molecule has 3 atom stereocenters. The van der Waals surface area contributed by atoms with Gasteiger partial charge in [0, 0.05) is 23.4 Å². The Kier molecular flexibility index (Phi) is 2.90. The maximum absolute atomic E-state index is 6.00. The van der Waals surface area contributed by atoms with Crippen LogP contribution in [0.4, 0.5) is 0 Å². The largest absolute Gasteiger partial charge is 0.461 e. The monoisotopic (exact) mass is 243 g/mol. The highest BCUT2D eigenvalue weighted by molar-refractivity contribution is 5.83. The van der Waals surface area contributed by atoms with Crippen LogP contribution < -0.4 is 5.32 Å². The van der Waals surface area contributed by atoms with Crippen molar-refractivity contribution in [3.8, 4) is 0 Å². The summed E-state index contributed by atoms with van der Waals surface area (Å²) in [5, 5.41) is 4.79. The molecule has 2 aromatic rings. The highest BCUT2D eigenvalue weighted by atomic mass is 16.3. The normalized spacial score (nSPS) is 24.4. The van der Waals surface area contributed by atoms with E-state index < -0.39 is 0 Å². The Hall–Kier alpha value is -1.28. The number of hydrogen-bond donors (Lipinski definition) is 1. The Bertz CT molecular complexity index is 557. The van der Waals surface area contributed by atoms with Crippen molar-refractivity contribution in [1.82, 2.24) is 5.32 Å². The van der Waals surface area contributed by atoms with Crippen LogP contribution in [0.2, 0.25) is 0 Å². The van der Waals surface area contributed by atoms with Crippen molar-refractivity contribution in [2.45, 2.75) is 32.7 Å². The molecule has 1 heterocycles. The molecule has 0 radical (unpaired) electrons. The number of hydrogen-bond acceptors (Lipinski definition) is 2. The Balaban J connectivity index is 2.13. The molecule has 2 heteroatoms. The fourth-order valence-electron chi connectivity index (χ4n) is 3.11. The highest BCUT2D eigenvalue weighted by Crippen LogP contribution is 2.49. The maximum Gasteiger partial charge on any atom is 0.134 e. The van der Waals surface area contributed by atoms with Gasteiger partial charge in [-0.05, 0) is 31.4 Å². The maximum atomic E-state index is 6.00. The molecule has 0 bridgehead atoms. The van der Waals surface area contributed by atoms with Gasteiger partial charge in [-0.15, -0.1) is 0 Å². The first-order valence-corrected chi connectivity index (χ1v) is 6.93. The van der Waals surface area contributed by atoms with Crippen LogP contribution in [0.5, 0.6) is 0 Å². The van der Waals surface area contributed by atoms with Gasteiger partial charge in [-0.25, -0.2) is 0 Å². The summed E-state index contributed by atoms with van der Waals surface area (Å²) in [5.41, 5.74) is 2.42. The molecule has 1 fully saturated rings. The van der Waals surface area contributed by atoms with Crippen molar-refractivity contribution < 1.29 is 4.42 Å². The van der Waals surface area contributed by atoms with Crippen molar-refractivity contribution in [3.05, 3.63) is 35.6 Å². The molecule has 3 unspecified atom stereocenters. The predicted octanol–water partition coefficient (Wildman–Crippen LogP) is 3.91. The minimum atomic E-state index is 0.443. The number of benzene rings is 1. The van der Waals surface area contributed by atoms with E-state index in [-0.39, 0.29) is 0 Å². The number of nitrogens with one attached hydrogen (secondary N) is 1. The third-order valence-corrected chi connectivity index (χ3v) is 4.25. The van der Waals surface area contributed by atoms with Gasteiger partial charge in [-0.1, -0.05) is 32.0 Å². The second kappa shape index (κ2) is 4.43. The van der Waals surface area contributed by atoms with Gasteiger partial charge in [-0.2, -0.15) is 0 Å². The van der Waals surface area contributed by atoms with Gasteiger partial charge in [0.1, 0.15) is 11.3 Å². The molecule has 1 aromatic carbocycles. The summed E-state index contributed by atoms with van der Waals surface area (Å²) < 4.78 is 6.00. The van der Waals surface area contributed by atoms with E-state index in [9.17, 15) is 0 Å². The van der Waals surface area contributed by atoms with E-state index in [0.29, 0.717) is 6.04 Å². The molecule has 1 aliphatic rings. The van der Waals surface area contributed by atoms with E-state index >= 15 is 0 Å². The first-order chi connectivity index (χ1) is 8.76. The average molecular weight is 243 g/mol. The lowest BCUT2D eigenvalue weighted by atomic mass is 9.97. The summed E-state index contributed by atoms with van der Waals surface area (Å²) >= 11 is 0. The van der Waals surface area contributed by atoms with Crippen molar-refractivity contribution in [3.63, 3.8) is 0 Å². The van der Waals surface area contributed by atoms with Crippen molar-refractivity contribution in [2.24, 2.45) is 11.8 Å². The molecule has 0 aliphatic heterocycles. The van der Waals surface area contributed by atoms with Crippen LogP contribution in [-0.2, 0) is 6.42 Å². The van der Waals surface area contributed by atoms with Gasteiger partial charge in [0.05, 0.1) is 0 Å². The molecule has 0 amide bonds. The fraction of sp³-hybridized carbons (Fsp3) is 0.500. The van der Waals surface area contributed by atoms with E-state index in [1.165, 1.54) is 17.4 Å². The van der Waals surface area contributed by atoms with Crippen molar-refractivity contribution in [2.75, 3.05) is 7.05 Å². The Morgan fingerprint density at radius 1 is 1.39 bits per heavy atom. The van der Waals surface area contributed by atoms with Crippen molar-refractivity contribution in [1.29, 1.82) is 0 Å². The molecule has 3 rings (SSSR count). The van der Waals surface area contributed by atoms with Crippen LogP contribution in [-0.4, -0.2) is 7.05 Å². The second-order valence-electron chi connectivity index (χ2n) is 5.43. The van der Waals surface area contributed by atoms with Crippen molar-refractivity contribution >= 4 is 11.0 Å². The molecule has 1 N–H and O–H groups in total. The van der Waals surface area contributed by atoms with E-state index in [0.717, 1.165) is 29.6 Å². The molecular formula is C16H21NO. The van der Waals surface area contributed by atoms with Gasteiger partial charge in [0.15, 0.2) is 0 Å². The zero-order valence-electron chi connectivity index (χ0n) is 11.4. The lowest BCUT2D eigenvalue weighted by Gasteiger charge is -2.16. The predicted molar refractivity (Wildman–Crippen MR) is 74.7 cm³/mol. The third-order valence-electron chi connectivity index (χ3n) is 4.25. The van der Waals surface area contributed by atoms with Crippen LogP contribution in [0.3, 0.4) is 0 Å². The molecule has 0 spiro atoms. The first-order valence-electron chi connectivity index (χ1n) is 6.93. The minimum Gasteiger partial charge on any atom is -0.461 e. The summed E-state index contributed by atoms with van der Waals surface area (Å²) in [5.74, 6) is 2.75. The Morgan fingerprint density at radius 3 is 2.72 bits per heavy atom. The third kappa shape index (κ3) is 1.76. The smallest absolute Gasteiger partial charge is 0.134 e. The number of furan rings is 1. The van der Waals surface area contributed by atoms with Crippen LogP contribution in [0, 0.1) is 11.8 Å². The summed E-state index contributed by atoms with van der Waals surface area (Å²) in [6, 6.07) is 8.84. The van der Waals surface area contributed by atoms with Gasteiger partial charge >= 0.3 is 0 Å². The lowest BCUT2D eigenvalue weighted by Crippen LogP contribution is -2.20. The Morgan fingerprint density at radius 2 is 2.11 bits per heavy atom. The number of aryl methyl sites for hydroxylation is 1. The molecule has 1 saturated carbocycles. The summed E-state index contributed by atoms with van der Waals surface area (Å²) in [4.78, 5) is 0. The van der Waals surface area contributed by atoms with Gasteiger partial charge < -0.3 is 9.73 Å². The van der Waals surface area contributed by atoms with E-state index in [2.05, 4.69) is 44.4 Å². The zero-order valence-corrected chi connectivity index (χ0v) is 11.4. The van der Waals surface area contributed by atoms with Crippen LogP contribution in [0.25, 0.3) is 11.0 Å². The molecule has 18 heavy (non-hydrogen) atoms. The summed E-state index contributed by atoms with van der Waals surface area (Å²) in [6.45, 7) is 4.51. The zero-order chi connectivity index (χ0) is 12.7. The average Bonchev–Trinajstić information content (AvgIpc) is 2.99. The molecule has 2 nitrogen and oxygen atoms in total. The molecule has 96 valence electrons. The van der Waals surface area contributed by atoms with Gasteiger partial charge in [-0.3, -0.25) is 0 Å². The highest BCUT2D eigenvalue weighted by Gasteiger charge is 2.41. The van der Waals surface area contributed by atoms with Crippen LogP contribution >= 0.6 is 0 Å². The van der Waals surface area contributed by atoms with Crippen LogP contribution in [0.1, 0.15) is 37.6 Å². The number of rotatable bonds is 4. The summed E-state index contributed by atoms with van der Waals surface area (Å²) in [6.07, 6.45) is 2.29. The lowest BCUT2D eigenvalue weighted by molar-refractivity contribution is 0.479. The Labute approximate surface area is 108 Å². The molecule has 0 saturated heterocycles. The first kappa shape index (κ1) is 11.8. The van der Waals surface area contributed by atoms with Gasteiger partial charge in [0.25, 0.3) is 0 Å². The molecule has 1 aromatic heterocycles. The SMILES string of the molecule is CCc1oc2ccccc2c1C(NC)C1CC1C. The second-order valence-corrected chi connectivity index (χ2v) is 5.43. The van der Waals surface area contributed by atoms with Gasteiger partial charge in [0.2, 0.25) is 0 Å². The van der Waals surface area contributed by atoms with E-state index in [4.69, 9.17) is 4.42 Å². The minimum absolute atomic E-state index is 0.443. The van der Waals surface area contributed by atoms with E-state index in [1.54, 1.807) is 0 Å². The number of para-hydroxylation sites is 1. The standard InChI is InChI=1S/C16H21NO/c1-4-13-15(16(17-3)12-9-10(12)2)11-7-5-6-8-14(11)18-13/h5-8,10,12,16-17H,4,9H2,1-3H3. The number of fused-ring (bicyclic) bond motifs is 1. The molecular weight excluding hydrogens is 222 g/mol.